The van der Waals surface area contributed by atoms with Gasteiger partial charge >= 0.3 is 5.97 Å². The van der Waals surface area contributed by atoms with Crippen molar-refractivity contribution < 1.29 is 23.8 Å². The summed E-state index contributed by atoms with van der Waals surface area (Å²) in [4.78, 5) is 25.2. The molecule has 0 aliphatic carbocycles. The molecule has 142 valence electrons. The van der Waals surface area contributed by atoms with Gasteiger partial charge in [-0.3, -0.25) is 4.79 Å². The Labute approximate surface area is 162 Å². The minimum absolute atomic E-state index is 0.0394. The quantitative estimate of drug-likeness (QED) is 0.537. The molecule has 0 bridgehead atoms. The number of hydrogen-bond donors (Lipinski definition) is 0. The number of thioether (sulfide) groups is 1. The highest BCUT2D eigenvalue weighted by atomic mass is 32.2. The maximum Gasteiger partial charge on any atom is 0.333 e. The molecule has 2 aromatic rings. The third-order valence-corrected chi connectivity index (χ3v) is 5.07. The summed E-state index contributed by atoms with van der Waals surface area (Å²) in [6.45, 7) is 2.74. The first-order chi connectivity index (χ1) is 13.1. The van der Waals surface area contributed by atoms with E-state index in [9.17, 15) is 9.59 Å². The molecule has 1 aliphatic rings. The number of amides is 1. The molecule has 3 rings (SSSR count). The largest absolute Gasteiger partial charge is 0.497 e. The van der Waals surface area contributed by atoms with Gasteiger partial charge in [-0.15, -0.1) is 0 Å². The van der Waals surface area contributed by atoms with Crippen LogP contribution in [-0.2, 0) is 14.3 Å². The molecule has 1 amide bonds. The van der Waals surface area contributed by atoms with Crippen molar-refractivity contribution in [1.82, 2.24) is 4.90 Å². The van der Waals surface area contributed by atoms with Crippen LogP contribution in [0.2, 0.25) is 0 Å². The van der Waals surface area contributed by atoms with Gasteiger partial charge in [0, 0.05) is 0 Å². The van der Waals surface area contributed by atoms with Crippen LogP contribution in [-0.4, -0.2) is 49.4 Å². The van der Waals surface area contributed by atoms with Crippen molar-refractivity contribution in [2.75, 3.05) is 32.6 Å². The Kier molecular flexibility index (Phi) is 6.24. The normalized spacial score (nSPS) is 15.4. The Morgan fingerprint density at radius 3 is 2.67 bits per heavy atom. The van der Waals surface area contributed by atoms with Gasteiger partial charge in [0.2, 0.25) is 5.91 Å². The SMILES string of the molecule is CCOC(=O)/C=C1\SCC(=O)N1CCOc1ccc2ccc(OC)cc2c1. The average molecular weight is 387 g/mol. The van der Waals surface area contributed by atoms with Gasteiger partial charge in [0.05, 0.1) is 37.1 Å². The number of carbonyl (C=O) groups excluding carboxylic acids is 2. The summed E-state index contributed by atoms with van der Waals surface area (Å²) >= 11 is 1.33. The Hall–Kier alpha value is -2.67. The molecular formula is C20H21NO5S. The number of nitrogens with zero attached hydrogens (tertiary/aromatic N) is 1. The molecule has 1 fully saturated rings. The van der Waals surface area contributed by atoms with Crippen molar-refractivity contribution in [3.8, 4) is 11.5 Å². The van der Waals surface area contributed by atoms with Crippen LogP contribution in [0.15, 0.2) is 47.5 Å². The first-order valence-electron chi connectivity index (χ1n) is 8.63. The molecule has 0 spiro atoms. The lowest BCUT2D eigenvalue weighted by atomic mass is 10.1. The summed E-state index contributed by atoms with van der Waals surface area (Å²) in [6, 6.07) is 11.7. The van der Waals surface area contributed by atoms with E-state index in [1.54, 1.807) is 18.9 Å². The van der Waals surface area contributed by atoms with Gasteiger partial charge in [-0.1, -0.05) is 23.9 Å². The van der Waals surface area contributed by atoms with Gasteiger partial charge in [0.15, 0.2) is 0 Å². The van der Waals surface area contributed by atoms with Crippen LogP contribution in [0.5, 0.6) is 11.5 Å². The molecule has 2 aromatic carbocycles. The highest BCUT2D eigenvalue weighted by Crippen LogP contribution is 2.29. The predicted molar refractivity (Wildman–Crippen MR) is 105 cm³/mol. The van der Waals surface area contributed by atoms with Gasteiger partial charge in [-0.05, 0) is 42.0 Å². The smallest absolute Gasteiger partial charge is 0.333 e. The Bertz CT molecular complexity index is 880. The minimum atomic E-state index is -0.441. The van der Waals surface area contributed by atoms with E-state index in [1.165, 1.54) is 17.8 Å². The average Bonchev–Trinajstić information content (AvgIpc) is 3.01. The zero-order chi connectivity index (χ0) is 19.2. The summed E-state index contributed by atoms with van der Waals surface area (Å²) in [5, 5.41) is 2.71. The highest BCUT2D eigenvalue weighted by molar-refractivity contribution is 8.04. The fourth-order valence-corrected chi connectivity index (χ4v) is 3.68. The molecule has 0 saturated carbocycles. The van der Waals surface area contributed by atoms with E-state index in [4.69, 9.17) is 14.2 Å². The van der Waals surface area contributed by atoms with Gasteiger partial charge in [0.25, 0.3) is 0 Å². The number of rotatable bonds is 7. The van der Waals surface area contributed by atoms with Crippen molar-refractivity contribution in [2.45, 2.75) is 6.92 Å². The summed E-state index contributed by atoms with van der Waals surface area (Å²) in [7, 11) is 1.63. The molecule has 7 heteroatoms. The number of fused-ring (bicyclic) bond motifs is 1. The molecule has 6 nitrogen and oxygen atoms in total. The van der Waals surface area contributed by atoms with E-state index in [0.717, 1.165) is 16.5 Å². The molecular weight excluding hydrogens is 366 g/mol. The molecule has 0 N–H and O–H groups in total. The van der Waals surface area contributed by atoms with Crippen LogP contribution >= 0.6 is 11.8 Å². The molecule has 1 heterocycles. The van der Waals surface area contributed by atoms with Crippen molar-refractivity contribution in [3.63, 3.8) is 0 Å². The van der Waals surface area contributed by atoms with Crippen molar-refractivity contribution in [2.24, 2.45) is 0 Å². The van der Waals surface area contributed by atoms with E-state index in [1.807, 2.05) is 36.4 Å². The molecule has 0 aromatic heterocycles. The van der Waals surface area contributed by atoms with E-state index in [2.05, 4.69) is 0 Å². The number of ether oxygens (including phenoxy) is 3. The minimum Gasteiger partial charge on any atom is -0.497 e. The van der Waals surface area contributed by atoms with Crippen LogP contribution in [0.1, 0.15) is 6.92 Å². The lowest BCUT2D eigenvalue weighted by Crippen LogP contribution is -2.29. The van der Waals surface area contributed by atoms with Crippen LogP contribution in [0.4, 0.5) is 0 Å². The molecule has 0 radical (unpaired) electrons. The maximum absolute atomic E-state index is 12.1. The lowest BCUT2D eigenvalue weighted by Gasteiger charge is -2.17. The number of carbonyl (C=O) groups is 2. The van der Waals surface area contributed by atoms with Gasteiger partial charge in [-0.25, -0.2) is 4.79 Å². The van der Waals surface area contributed by atoms with Crippen LogP contribution in [0.25, 0.3) is 10.8 Å². The van der Waals surface area contributed by atoms with Gasteiger partial charge in [-0.2, -0.15) is 0 Å². The number of methoxy groups -OCH3 is 1. The standard InChI is InChI=1S/C20H21NO5S/c1-3-25-20(23)12-19-21(18(22)13-27-19)8-9-26-17-7-5-14-4-6-16(24-2)10-15(14)11-17/h4-7,10-12H,3,8-9,13H2,1-2H3/b19-12-. The van der Waals surface area contributed by atoms with Gasteiger partial charge < -0.3 is 19.1 Å². The Morgan fingerprint density at radius 2 is 1.93 bits per heavy atom. The van der Waals surface area contributed by atoms with Crippen LogP contribution in [0, 0.1) is 0 Å². The zero-order valence-electron chi connectivity index (χ0n) is 15.3. The van der Waals surface area contributed by atoms with E-state index >= 15 is 0 Å². The molecule has 1 saturated heterocycles. The number of esters is 1. The van der Waals surface area contributed by atoms with Crippen LogP contribution in [0.3, 0.4) is 0 Å². The monoisotopic (exact) mass is 387 g/mol. The molecule has 27 heavy (non-hydrogen) atoms. The summed E-state index contributed by atoms with van der Waals surface area (Å²) in [5.74, 6) is 1.34. The van der Waals surface area contributed by atoms with E-state index in [-0.39, 0.29) is 5.91 Å². The molecule has 0 unspecified atom stereocenters. The van der Waals surface area contributed by atoms with Crippen molar-refractivity contribution in [3.05, 3.63) is 47.5 Å². The second kappa shape index (κ2) is 8.81. The third-order valence-electron chi connectivity index (χ3n) is 4.04. The Morgan fingerprint density at radius 1 is 1.19 bits per heavy atom. The third kappa shape index (κ3) is 4.74. The summed E-state index contributed by atoms with van der Waals surface area (Å²) in [6.07, 6.45) is 1.36. The first kappa shape index (κ1) is 19.1. The fourth-order valence-electron chi connectivity index (χ4n) is 2.73. The number of benzene rings is 2. The lowest BCUT2D eigenvalue weighted by molar-refractivity contribution is -0.137. The van der Waals surface area contributed by atoms with E-state index < -0.39 is 5.97 Å². The van der Waals surface area contributed by atoms with E-state index in [0.29, 0.717) is 36.3 Å². The van der Waals surface area contributed by atoms with Crippen LogP contribution < -0.4 is 9.47 Å². The molecule has 0 atom stereocenters. The maximum atomic E-state index is 12.1. The number of hydrogen-bond acceptors (Lipinski definition) is 6. The topological polar surface area (TPSA) is 65.1 Å². The predicted octanol–water partition coefficient (Wildman–Crippen LogP) is 3.21. The fraction of sp³-hybridized carbons (Fsp3) is 0.300. The summed E-state index contributed by atoms with van der Waals surface area (Å²) < 4.78 is 16.0. The van der Waals surface area contributed by atoms with Crippen molar-refractivity contribution >= 4 is 34.4 Å². The molecule has 1 aliphatic heterocycles. The summed E-state index contributed by atoms with van der Waals surface area (Å²) in [5.41, 5.74) is 0. The highest BCUT2D eigenvalue weighted by Gasteiger charge is 2.27. The zero-order valence-corrected chi connectivity index (χ0v) is 16.1. The second-order valence-corrected chi connectivity index (χ2v) is 6.79. The Balaban J connectivity index is 1.63. The second-order valence-electron chi connectivity index (χ2n) is 5.79. The first-order valence-corrected chi connectivity index (χ1v) is 9.61. The van der Waals surface area contributed by atoms with Crippen molar-refractivity contribution in [1.29, 1.82) is 0 Å². The van der Waals surface area contributed by atoms with Gasteiger partial charge in [0.1, 0.15) is 18.1 Å².